The number of aromatic nitrogens is 3. The monoisotopic (exact) mass is 451 g/mol. The zero-order valence-corrected chi connectivity index (χ0v) is 17.8. The summed E-state index contributed by atoms with van der Waals surface area (Å²) in [5, 5.41) is 24.9. The molecule has 0 atom stereocenters. The smallest absolute Gasteiger partial charge is 0.269 e. The van der Waals surface area contributed by atoms with Gasteiger partial charge in [0.1, 0.15) is 0 Å². The molecular weight excluding hydrogens is 434 g/mol. The Balaban J connectivity index is 1.60. The number of amides is 1. The number of nitrogens with one attached hydrogen (secondary N) is 1. The highest BCUT2D eigenvalue weighted by atomic mass is 32.2. The highest BCUT2D eigenvalue weighted by Crippen LogP contribution is 2.26. The first kappa shape index (κ1) is 20.8. The lowest BCUT2D eigenvalue weighted by atomic mass is 10.2. The molecule has 10 heteroatoms. The molecule has 0 aliphatic rings. The average molecular weight is 452 g/mol. The van der Waals surface area contributed by atoms with Gasteiger partial charge in [0.25, 0.3) is 11.6 Å². The molecule has 0 unspecified atom stereocenters. The zero-order valence-electron chi connectivity index (χ0n) is 16.2. The van der Waals surface area contributed by atoms with Gasteiger partial charge < -0.3 is 5.32 Å². The average Bonchev–Trinajstić information content (AvgIpc) is 3.47. The van der Waals surface area contributed by atoms with Crippen molar-refractivity contribution in [2.45, 2.75) is 17.5 Å². The van der Waals surface area contributed by atoms with Crippen molar-refractivity contribution in [1.29, 1.82) is 0 Å². The van der Waals surface area contributed by atoms with E-state index in [4.69, 9.17) is 0 Å². The number of benzene rings is 2. The number of carbonyl (C=O) groups is 1. The lowest BCUT2D eigenvalue weighted by molar-refractivity contribution is -0.384. The molecule has 156 valence electrons. The van der Waals surface area contributed by atoms with E-state index in [1.54, 1.807) is 18.2 Å². The lowest BCUT2D eigenvalue weighted by Crippen LogP contribution is -2.23. The fourth-order valence-corrected chi connectivity index (χ4v) is 4.43. The van der Waals surface area contributed by atoms with Gasteiger partial charge in [-0.3, -0.25) is 19.5 Å². The third kappa shape index (κ3) is 4.98. The number of thioether (sulfide) groups is 1. The van der Waals surface area contributed by atoms with Crippen molar-refractivity contribution in [1.82, 2.24) is 20.1 Å². The maximum Gasteiger partial charge on any atom is 0.269 e. The normalized spacial score (nSPS) is 10.7. The maximum absolute atomic E-state index is 12.3. The van der Waals surface area contributed by atoms with Crippen molar-refractivity contribution in [2.24, 2.45) is 0 Å². The molecule has 0 fully saturated rings. The largest absolute Gasteiger partial charge is 0.344 e. The van der Waals surface area contributed by atoms with Crippen LogP contribution in [0.2, 0.25) is 0 Å². The van der Waals surface area contributed by atoms with Crippen LogP contribution in [0.4, 0.5) is 5.69 Å². The number of hydrogen-bond donors (Lipinski definition) is 1. The van der Waals surface area contributed by atoms with Gasteiger partial charge in [-0.2, -0.15) is 0 Å². The van der Waals surface area contributed by atoms with Crippen LogP contribution in [0.3, 0.4) is 0 Å². The van der Waals surface area contributed by atoms with Crippen LogP contribution in [0.1, 0.15) is 21.1 Å². The predicted octanol–water partition coefficient (Wildman–Crippen LogP) is 4.46. The van der Waals surface area contributed by atoms with Gasteiger partial charge in [0, 0.05) is 23.6 Å². The number of hydrogen-bond acceptors (Lipinski definition) is 7. The van der Waals surface area contributed by atoms with Crippen molar-refractivity contribution in [3.05, 3.63) is 98.5 Å². The molecule has 2 aromatic heterocycles. The molecule has 4 rings (SSSR count). The standard InChI is InChI=1S/C21H17N5O3S2/c27-20(18-7-4-12-30-18)22-13-19-23-24-21(31-14-15-5-2-1-3-6-15)25(19)16-8-10-17(11-9-16)26(28)29/h1-12H,13-14H2,(H,22,27). The summed E-state index contributed by atoms with van der Waals surface area (Å²) in [5.41, 5.74) is 1.83. The summed E-state index contributed by atoms with van der Waals surface area (Å²) in [6.07, 6.45) is 0. The van der Waals surface area contributed by atoms with Crippen molar-refractivity contribution in [3.63, 3.8) is 0 Å². The fourth-order valence-electron chi connectivity index (χ4n) is 2.87. The molecule has 0 aliphatic heterocycles. The van der Waals surface area contributed by atoms with Crippen LogP contribution >= 0.6 is 23.1 Å². The summed E-state index contributed by atoms with van der Waals surface area (Å²) in [4.78, 5) is 23.5. The van der Waals surface area contributed by atoms with Crippen molar-refractivity contribution < 1.29 is 9.72 Å². The van der Waals surface area contributed by atoms with Crippen molar-refractivity contribution in [3.8, 4) is 5.69 Å². The number of nitro groups is 1. The first-order valence-corrected chi connectivity index (χ1v) is 11.2. The van der Waals surface area contributed by atoms with E-state index in [9.17, 15) is 14.9 Å². The van der Waals surface area contributed by atoms with Gasteiger partial charge >= 0.3 is 0 Å². The third-order valence-electron chi connectivity index (χ3n) is 4.38. The van der Waals surface area contributed by atoms with Gasteiger partial charge in [0.15, 0.2) is 11.0 Å². The summed E-state index contributed by atoms with van der Waals surface area (Å²) in [5.74, 6) is 1.04. The van der Waals surface area contributed by atoms with Gasteiger partial charge in [0.2, 0.25) is 0 Å². The summed E-state index contributed by atoms with van der Waals surface area (Å²) in [6, 6.07) is 19.7. The minimum atomic E-state index is -0.441. The Morgan fingerprint density at radius 2 is 1.84 bits per heavy atom. The number of nitro benzene ring substituents is 1. The molecule has 2 aromatic carbocycles. The summed E-state index contributed by atoms with van der Waals surface area (Å²) < 4.78 is 1.81. The molecule has 0 saturated heterocycles. The molecular formula is C21H17N5O3S2. The molecule has 0 bridgehead atoms. The van der Waals surface area contributed by atoms with Crippen molar-refractivity contribution >= 4 is 34.7 Å². The molecule has 8 nitrogen and oxygen atoms in total. The Morgan fingerprint density at radius 1 is 1.06 bits per heavy atom. The molecule has 0 spiro atoms. The molecule has 0 radical (unpaired) electrons. The second-order valence-electron chi connectivity index (χ2n) is 6.44. The van der Waals surface area contributed by atoms with E-state index < -0.39 is 4.92 Å². The third-order valence-corrected chi connectivity index (χ3v) is 6.25. The van der Waals surface area contributed by atoms with E-state index in [0.717, 1.165) is 5.56 Å². The van der Waals surface area contributed by atoms with Crippen molar-refractivity contribution in [2.75, 3.05) is 0 Å². The number of non-ortho nitro benzene ring substituents is 1. The quantitative estimate of drug-likeness (QED) is 0.241. The first-order valence-electron chi connectivity index (χ1n) is 9.29. The molecule has 4 aromatic rings. The fraction of sp³-hybridized carbons (Fsp3) is 0.0952. The molecule has 1 N–H and O–H groups in total. The van der Waals surface area contributed by atoms with Gasteiger partial charge in [-0.25, -0.2) is 0 Å². The molecule has 2 heterocycles. The van der Waals surface area contributed by atoms with Crippen LogP contribution in [0, 0.1) is 10.1 Å². The van der Waals surface area contributed by atoms with E-state index in [2.05, 4.69) is 15.5 Å². The summed E-state index contributed by atoms with van der Waals surface area (Å²) in [7, 11) is 0. The minimum absolute atomic E-state index is 0.00265. The van der Waals surface area contributed by atoms with Crippen LogP contribution in [0.5, 0.6) is 0 Å². The van der Waals surface area contributed by atoms with Gasteiger partial charge in [0.05, 0.1) is 16.3 Å². The van der Waals surface area contributed by atoms with Crippen LogP contribution in [-0.4, -0.2) is 25.6 Å². The summed E-state index contributed by atoms with van der Waals surface area (Å²) >= 11 is 2.86. The Bertz CT molecular complexity index is 1180. The Kier molecular flexibility index (Phi) is 6.39. The molecule has 0 saturated carbocycles. The second kappa shape index (κ2) is 9.54. The van der Waals surface area contributed by atoms with E-state index in [1.807, 2.05) is 46.3 Å². The lowest BCUT2D eigenvalue weighted by Gasteiger charge is -2.11. The number of rotatable bonds is 8. The Morgan fingerprint density at radius 3 is 2.52 bits per heavy atom. The maximum atomic E-state index is 12.3. The Hall–Kier alpha value is -3.50. The predicted molar refractivity (Wildman–Crippen MR) is 120 cm³/mol. The topological polar surface area (TPSA) is 103 Å². The highest BCUT2D eigenvalue weighted by molar-refractivity contribution is 7.98. The first-order chi connectivity index (χ1) is 15.1. The van der Waals surface area contributed by atoms with Crippen LogP contribution in [-0.2, 0) is 12.3 Å². The molecule has 1 amide bonds. The minimum Gasteiger partial charge on any atom is -0.344 e. The number of thiophene rings is 1. The van der Waals surface area contributed by atoms with Crippen LogP contribution < -0.4 is 5.32 Å². The van der Waals surface area contributed by atoms with E-state index in [0.29, 0.717) is 27.3 Å². The highest BCUT2D eigenvalue weighted by Gasteiger charge is 2.17. The number of carbonyl (C=O) groups excluding carboxylic acids is 1. The van der Waals surface area contributed by atoms with E-state index >= 15 is 0 Å². The van der Waals surface area contributed by atoms with Gasteiger partial charge in [-0.1, -0.05) is 48.2 Å². The van der Waals surface area contributed by atoms with Gasteiger partial charge in [-0.15, -0.1) is 21.5 Å². The molecule has 31 heavy (non-hydrogen) atoms. The number of nitrogens with zero attached hydrogens (tertiary/aromatic N) is 4. The van der Waals surface area contributed by atoms with E-state index in [1.165, 1.54) is 35.2 Å². The summed E-state index contributed by atoms with van der Waals surface area (Å²) in [6.45, 7) is 0.173. The van der Waals surface area contributed by atoms with Crippen LogP contribution in [0.15, 0.2) is 77.3 Å². The second-order valence-corrected chi connectivity index (χ2v) is 8.33. The zero-order chi connectivity index (χ0) is 21.6. The SMILES string of the molecule is O=C(NCc1nnc(SCc2ccccc2)n1-c1ccc([N+](=O)[O-])cc1)c1cccs1. The molecule has 0 aliphatic carbocycles. The van der Waals surface area contributed by atoms with E-state index in [-0.39, 0.29) is 18.1 Å². The Labute approximate surface area is 186 Å². The van der Waals surface area contributed by atoms with Gasteiger partial charge in [-0.05, 0) is 29.1 Å². The van der Waals surface area contributed by atoms with Crippen LogP contribution in [0.25, 0.3) is 5.69 Å².